The number of rotatable bonds is 3. The summed E-state index contributed by atoms with van der Waals surface area (Å²) in [5.41, 5.74) is 2.77. The first kappa shape index (κ1) is 14.8. The first-order chi connectivity index (χ1) is 9.36. The summed E-state index contributed by atoms with van der Waals surface area (Å²) in [6.07, 6.45) is 2.10. The Bertz CT molecular complexity index is 506. The number of nitro groups is 1. The van der Waals surface area contributed by atoms with Gasteiger partial charge in [-0.2, -0.15) is 0 Å². The number of aryl methyl sites for hydroxylation is 2. The Morgan fingerprint density at radius 2 is 1.75 bits per heavy atom. The molecule has 1 aliphatic rings. The molecule has 5 heteroatoms. The van der Waals surface area contributed by atoms with Gasteiger partial charge in [-0.1, -0.05) is 0 Å². The van der Waals surface area contributed by atoms with Gasteiger partial charge in [0.2, 0.25) is 0 Å². The van der Waals surface area contributed by atoms with Gasteiger partial charge in [-0.25, -0.2) is 0 Å². The molecule has 0 bridgehead atoms. The minimum atomic E-state index is -0.318. The van der Waals surface area contributed by atoms with Crippen LogP contribution in [0.5, 0.6) is 0 Å². The maximum Gasteiger partial charge on any atom is 0.292 e. The van der Waals surface area contributed by atoms with E-state index >= 15 is 0 Å². The van der Waals surface area contributed by atoms with Gasteiger partial charge >= 0.3 is 0 Å². The minimum Gasteiger partial charge on any atom is -0.377 e. The van der Waals surface area contributed by atoms with E-state index in [-0.39, 0.29) is 28.9 Å². The van der Waals surface area contributed by atoms with E-state index in [1.807, 2.05) is 33.8 Å². The molecule has 2 unspecified atom stereocenters. The molecular weight excluding hydrogens is 256 g/mol. The smallest absolute Gasteiger partial charge is 0.292 e. The molecule has 110 valence electrons. The van der Waals surface area contributed by atoms with Crippen LogP contribution in [0.2, 0.25) is 0 Å². The molecule has 0 saturated carbocycles. The number of nitrogens with zero attached hydrogens (tertiary/aromatic N) is 1. The van der Waals surface area contributed by atoms with Crippen molar-refractivity contribution >= 4 is 11.4 Å². The molecule has 1 N–H and O–H groups in total. The Kier molecular flexibility index (Phi) is 4.28. The summed E-state index contributed by atoms with van der Waals surface area (Å²) in [6.45, 7) is 7.95. The molecule has 0 aromatic heterocycles. The van der Waals surface area contributed by atoms with Crippen LogP contribution in [0.25, 0.3) is 0 Å². The molecule has 1 aromatic rings. The highest BCUT2D eigenvalue weighted by molar-refractivity contribution is 5.65. The average molecular weight is 278 g/mol. The van der Waals surface area contributed by atoms with Crippen LogP contribution in [0, 0.1) is 24.0 Å². The average Bonchev–Trinajstić information content (AvgIpc) is 2.31. The first-order valence-corrected chi connectivity index (χ1v) is 7.04. The number of hydrogen-bond donors (Lipinski definition) is 1. The molecule has 1 fully saturated rings. The van der Waals surface area contributed by atoms with E-state index in [1.54, 1.807) is 6.07 Å². The largest absolute Gasteiger partial charge is 0.377 e. The maximum atomic E-state index is 11.2. The topological polar surface area (TPSA) is 64.4 Å². The van der Waals surface area contributed by atoms with Crippen LogP contribution in [-0.2, 0) is 4.74 Å². The third kappa shape index (κ3) is 3.28. The normalized spacial score (nSPS) is 26.3. The minimum absolute atomic E-state index is 0.153. The quantitative estimate of drug-likeness (QED) is 0.678. The van der Waals surface area contributed by atoms with Crippen molar-refractivity contribution in [3.8, 4) is 0 Å². The molecule has 2 rings (SSSR count). The molecular formula is C15H22N2O3. The first-order valence-electron chi connectivity index (χ1n) is 7.04. The Labute approximate surface area is 119 Å². The number of nitro benzene ring substituents is 1. The van der Waals surface area contributed by atoms with Crippen LogP contribution in [0.4, 0.5) is 11.4 Å². The van der Waals surface area contributed by atoms with E-state index in [0.29, 0.717) is 5.69 Å². The SMILES string of the molecule is Cc1cc(NC2CC(C)OC(C)C2)c([N+](=O)[O-])cc1C. The fourth-order valence-corrected chi connectivity index (χ4v) is 2.81. The number of anilines is 1. The van der Waals surface area contributed by atoms with Crippen LogP contribution in [0.1, 0.15) is 37.8 Å². The standard InChI is InChI=1S/C15H22N2O3/c1-9-5-14(15(17(18)19)6-10(9)2)16-13-7-11(3)20-12(4)8-13/h5-6,11-13,16H,7-8H2,1-4H3. The lowest BCUT2D eigenvalue weighted by Gasteiger charge is -2.33. The fourth-order valence-electron chi connectivity index (χ4n) is 2.81. The van der Waals surface area contributed by atoms with Gasteiger partial charge in [-0.15, -0.1) is 0 Å². The third-order valence-electron chi connectivity index (χ3n) is 3.87. The molecule has 0 spiro atoms. The van der Waals surface area contributed by atoms with E-state index in [1.165, 1.54) is 0 Å². The predicted octanol–water partition coefficient (Wildman–Crippen LogP) is 3.58. The molecule has 1 heterocycles. The summed E-state index contributed by atoms with van der Waals surface area (Å²) < 4.78 is 5.70. The van der Waals surface area contributed by atoms with Crippen molar-refractivity contribution < 1.29 is 9.66 Å². The second-order valence-electron chi connectivity index (χ2n) is 5.78. The van der Waals surface area contributed by atoms with Gasteiger partial charge in [0.15, 0.2) is 0 Å². The highest BCUT2D eigenvalue weighted by Crippen LogP contribution is 2.31. The van der Waals surface area contributed by atoms with E-state index in [2.05, 4.69) is 5.32 Å². The van der Waals surface area contributed by atoms with Gasteiger partial charge < -0.3 is 10.1 Å². The van der Waals surface area contributed by atoms with Crippen molar-refractivity contribution in [2.45, 2.75) is 58.8 Å². The Balaban J connectivity index is 2.24. The molecule has 1 aliphatic heterocycles. The molecule has 2 atom stereocenters. The number of nitrogens with one attached hydrogen (secondary N) is 1. The van der Waals surface area contributed by atoms with Crippen LogP contribution in [-0.4, -0.2) is 23.2 Å². The summed E-state index contributed by atoms with van der Waals surface area (Å²) >= 11 is 0. The highest BCUT2D eigenvalue weighted by Gasteiger charge is 2.26. The molecule has 0 aliphatic carbocycles. The number of ether oxygens (including phenoxy) is 1. The summed E-state index contributed by atoms with van der Waals surface area (Å²) in [5.74, 6) is 0. The van der Waals surface area contributed by atoms with Crippen molar-refractivity contribution in [3.63, 3.8) is 0 Å². The molecule has 0 radical (unpaired) electrons. The number of benzene rings is 1. The van der Waals surface area contributed by atoms with Gasteiger partial charge in [0.1, 0.15) is 5.69 Å². The van der Waals surface area contributed by atoms with E-state index in [9.17, 15) is 10.1 Å². The predicted molar refractivity (Wildman–Crippen MR) is 79.2 cm³/mol. The van der Waals surface area contributed by atoms with E-state index in [0.717, 1.165) is 24.0 Å². The Morgan fingerprint density at radius 3 is 2.30 bits per heavy atom. The summed E-state index contributed by atoms with van der Waals surface area (Å²) in [6, 6.07) is 3.73. The monoisotopic (exact) mass is 278 g/mol. The highest BCUT2D eigenvalue weighted by atomic mass is 16.6. The molecule has 1 saturated heterocycles. The van der Waals surface area contributed by atoms with Crippen molar-refractivity contribution in [1.82, 2.24) is 0 Å². The second-order valence-corrected chi connectivity index (χ2v) is 5.78. The Morgan fingerprint density at radius 1 is 1.20 bits per heavy atom. The van der Waals surface area contributed by atoms with Crippen molar-refractivity contribution in [2.24, 2.45) is 0 Å². The van der Waals surface area contributed by atoms with Crippen molar-refractivity contribution in [1.29, 1.82) is 0 Å². The lowest BCUT2D eigenvalue weighted by molar-refractivity contribution is -0.384. The zero-order chi connectivity index (χ0) is 14.9. The molecule has 1 aromatic carbocycles. The van der Waals surface area contributed by atoms with Gasteiger partial charge in [0.05, 0.1) is 17.1 Å². The van der Waals surface area contributed by atoms with E-state index in [4.69, 9.17) is 4.74 Å². The summed E-state index contributed by atoms with van der Waals surface area (Å²) in [4.78, 5) is 10.9. The van der Waals surface area contributed by atoms with Gasteiger partial charge in [-0.3, -0.25) is 10.1 Å². The van der Waals surface area contributed by atoms with E-state index < -0.39 is 0 Å². The Hall–Kier alpha value is -1.62. The zero-order valence-corrected chi connectivity index (χ0v) is 12.5. The lowest BCUT2D eigenvalue weighted by Crippen LogP contribution is -2.37. The molecule has 20 heavy (non-hydrogen) atoms. The van der Waals surface area contributed by atoms with Gasteiger partial charge in [0, 0.05) is 12.1 Å². The fraction of sp³-hybridized carbons (Fsp3) is 0.600. The van der Waals surface area contributed by atoms with Gasteiger partial charge in [-0.05, 0) is 57.7 Å². The third-order valence-corrected chi connectivity index (χ3v) is 3.87. The van der Waals surface area contributed by atoms with Gasteiger partial charge in [0.25, 0.3) is 5.69 Å². The van der Waals surface area contributed by atoms with Crippen LogP contribution >= 0.6 is 0 Å². The number of hydrogen-bond acceptors (Lipinski definition) is 4. The maximum absolute atomic E-state index is 11.2. The summed E-state index contributed by atoms with van der Waals surface area (Å²) in [7, 11) is 0. The van der Waals surface area contributed by atoms with Crippen LogP contribution < -0.4 is 5.32 Å². The van der Waals surface area contributed by atoms with Crippen LogP contribution in [0.3, 0.4) is 0 Å². The second kappa shape index (κ2) is 5.79. The zero-order valence-electron chi connectivity index (χ0n) is 12.5. The van der Waals surface area contributed by atoms with Crippen molar-refractivity contribution in [3.05, 3.63) is 33.4 Å². The van der Waals surface area contributed by atoms with Crippen molar-refractivity contribution in [2.75, 3.05) is 5.32 Å². The van der Waals surface area contributed by atoms with Crippen LogP contribution in [0.15, 0.2) is 12.1 Å². The molecule has 0 amide bonds. The lowest BCUT2D eigenvalue weighted by atomic mass is 9.99. The summed E-state index contributed by atoms with van der Waals surface area (Å²) in [5, 5.41) is 14.5. The molecule has 5 nitrogen and oxygen atoms in total.